The number of carbonyl (C=O) groups is 1. The molecule has 1 saturated carbocycles. The van der Waals surface area contributed by atoms with Gasteiger partial charge in [-0.15, -0.1) is 0 Å². The molecule has 19 heavy (non-hydrogen) atoms. The molecule has 0 saturated heterocycles. The van der Waals surface area contributed by atoms with Crippen LogP contribution < -0.4 is 11.1 Å². The van der Waals surface area contributed by atoms with Crippen LogP contribution >= 0.6 is 23.8 Å². The molecule has 6 heteroatoms. The van der Waals surface area contributed by atoms with Crippen molar-refractivity contribution in [2.75, 3.05) is 0 Å². The van der Waals surface area contributed by atoms with Crippen LogP contribution in [-0.2, 0) is 0 Å². The second kappa shape index (κ2) is 5.75. The van der Waals surface area contributed by atoms with Gasteiger partial charge in [-0.05, 0) is 31.0 Å². The van der Waals surface area contributed by atoms with Gasteiger partial charge >= 0.3 is 0 Å². The molecule has 2 atom stereocenters. The number of nitrogens with one attached hydrogen (secondary N) is 1. The number of hydrogen-bond donors (Lipinski definition) is 3. The van der Waals surface area contributed by atoms with Crippen molar-refractivity contribution in [1.29, 1.82) is 0 Å². The fraction of sp³-hybridized carbons (Fsp3) is 0.385. The molecule has 2 rings (SSSR count). The number of phenolic OH excluding ortho intramolecular Hbond substituents is 1. The highest BCUT2D eigenvalue weighted by Crippen LogP contribution is 2.27. The summed E-state index contributed by atoms with van der Waals surface area (Å²) < 4.78 is 0. The zero-order chi connectivity index (χ0) is 14.0. The number of rotatable bonds is 3. The first-order valence-electron chi connectivity index (χ1n) is 6.07. The molecule has 0 aliphatic heterocycles. The zero-order valence-electron chi connectivity index (χ0n) is 10.2. The Morgan fingerprint density at radius 1 is 1.47 bits per heavy atom. The lowest BCUT2D eigenvalue weighted by Crippen LogP contribution is -2.41. The first-order chi connectivity index (χ1) is 8.99. The van der Waals surface area contributed by atoms with E-state index in [4.69, 9.17) is 29.6 Å². The van der Waals surface area contributed by atoms with Gasteiger partial charge in [0, 0.05) is 17.5 Å². The van der Waals surface area contributed by atoms with Gasteiger partial charge in [0.15, 0.2) is 0 Å². The van der Waals surface area contributed by atoms with Crippen LogP contribution in [0.1, 0.15) is 29.6 Å². The van der Waals surface area contributed by atoms with Crippen LogP contribution in [0.5, 0.6) is 5.75 Å². The Labute approximate surface area is 121 Å². The van der Waals surface area contributed by atoms with Crippen LogP contribution in [0.15, 0.2) is 18.2 Å². The Balaban J connectivity index is 2.08. The van der Waals surface area contributed by atoms with E-state index in [1.807, 2.05) is 0 Å². The molecule has 1 fully saturated rings. The van der Waals surface area contributed by atoms with E-state index in [2.05, 4.69) is 5.32 Å². The molecular weight excluding hydrogens is 284 g/mol. The summed E-state index contributed by atoms with van der Waals surface area (Å²) in [6.45, 7) is 0. The summed E-state index contributed by atoms with van der Waals surface area (Å²) >= 11 is 10.8. The van der Waals surface area contributed by atoms with Crippen LogP contribution in [0.4, 0.5) is 0 Å². The quantitative estimate of drug-likeness (QED) is 0.748. The van der Waals surface area contributed by atoms with Crippen LogP contribution in [-0.4, -0.2) is 22.0 Å². The molecule has 0 radical (unpaired) electrons. The van der Waals surface area contributed by atoms with Gasteiger partial charge in [-0.25, -0.2) is 0 Å². The molecule has 1 aromatic rings. The molecule has 1 aliphatic rings. The lowest BCUT2D eigenvalue weighted by molar-refractivity contribution is 0.0934. The first kappa shape index (κ1) is 14.1. The smallest absolute Gasteiger partial charge is 0.251 e. The van der Waals surface area contributed by atoms with Gasteiger partial charge in [-0.2, -0.15) is 0 Å². The van der Waals surface area contributed by atoms with Crippen LogP contribution in [0.2, 0.25) is 5.02 Å². The topological polar surface area (TPSA) is 75.3 Å². The largest absolute Gasteiger partial charge is 0.506 e. The van der Waals surface area contributed by atoms with Crippen LogP contribution in [0.25, 0.3) is 0 Å². The van der Waals surface area contributed by atoms with E-state index in [0.29, 0.717) is 10.6 Å². The number of nitrogens with two attached hydrogens (primary N) is 1. The van der Waals surface area contributed by atoms with Crippen molar-refractivity contribution in [3.05, 3.63) is 28.8 Å². The summed E-state index contributed by atoms with van der Waals surface area (Å²) in [5.74, 6) is -0.207. The number of thiocarbonyl (C=S) groups is 1. The zero-order valence-corrected chi connectivity index (χ0v) is 11.8. The van der Waals surface area contributed by atoms with Crippen LogP contribution in [0.3, 0.4) is 0 Å². The summed E-state index contributed by atoms with van der Waals surface area (Å²) in [5, 5.41) is 12.4. The highest BCUT2D eigenvalue weighted by molar-refractivity contribution is 7.80. The van der Waals surface area contributed by atoms with E-state index < -0.39 is 0 Å². The molecule has 1 aromatic carbocycles. The molecule has 1 aliphatic carbocycles. The molecule has 1 amide bonds. The average Bonchev–Trinajstić information content (AvgIpc) is 2.80. The molecule has 0 heterocycles. The molecular formula is C13H15ClN2O2S. The van der Waals surface area contributed by atoms with Gasteiger partial charge in [0.25, 0.3) is 5.91 Å². The first-order valence-corrected chi connectivity index (χ1v) is 6.86. The van der Waals surface area contributed by atoms with Gasteiger partial charge in [0.1, 0.15) is 5.75 Å². The monoisotopic (exact) mass is 298 g/mol. The molecule has 2 unspecified atom stereocenters. The van der Waals surface area contributed by atoms with E-state index in [1.165, 1.54) is 18.2 Å². The fourth-order valence-electron chi connectivity index (χ4n) is 2.37. The van der Waals surface area contributed by atoms with Gasteiger partial charge < -0.3 is 16.2 Å². The third kappa shape index (κ3) is 3.16. The van der Waals surface area contributed by atoms with Crippen molar-refractivity contribution in [1.82, 2.24) is 5.32 Å². The van der Waals surface area contributed by atoms with Gasteiger partial charge in [0.2, 0.25) is 0 Å². The Morgan fingerprint density at radius 3 is 2.84 bits per heavy atom. The maximum Gasteiger partial charge on any atom is 0.251 e. The average molecular weight is 299 g/mol. The SMILES string of the molecule is NC(=S)C1CCCC1NC(=O)c1ccc(O)c(Cl)c1. The van der Waals surface area contributed by atoms with Gasteiger partial charge in [-0.1, -0.05) is 30.2 Å². The number of halogens is 1. The fourth-order valence-corrected chi connectivity index (χ4v) is 2.84. The predicted octanol–water partition coefficient (Wildman–Crippen LogP) is 2.23. The Bertz CT molecular complexity index is 521. The summed E-state index contributed by atoms with van der Waals surface area (Å²) in [4.78, 5) is 12.5. The summed E-state index contributed by atoms with van der Waals surface area (Å²) in [6, 6.07) is 4.35. The standard InChI is InChI=1S/C13H15ClN2O2S/c14-9-6-7(4-5-11(9)17)13(18)16-10-3-1-2-8(10)12(15)19/h4-6,8,10,17H,1-3H2,(H2,15,19)(H,16,18). The van der Waals surface area contributed by atoms with E-state index in [-0.39, 0.29) is 28.6 Å². The van der Waals surface area contributed by atoms with Gasteiger partial charge in [0.05, 0.1) is 10.0 Å². The number of benzene rings is 1. The normalized spacial score (nSPS) is 22.2. The highest BCUT2D eigenvalue weighted by Gasteiger charge is 2.30. The second-order valence-electron chi connectivity index (χ2n) is 4.69. The number of hydrogen-bond acceptors (Lipinski definition) is 3. The second-order valence-corrected chi connectivity index (χ2v) is 5.56. The third-order valence-corrected chi connectivity index (χ3v) is 4.01. The van der Waals surface area contributed by atoms with Crippen molar-refractivity contribution in [3.8, 4) is 5.75 Å². The maximum atomic E-state index is 12.1. The number of aromatic hydroxyl groups is 1. The van der Waals surface area contributed by atoms with Crippen molar-refractivity contribution in [2.24, 2.45) is 11.7 Å². The summed E-state index contributed by atoms with van der Waals surface area (Å²) in [5.41, 5.74) is 6.09. The molecule has 0 bridgehead atoms. The Kier molecular flexibility index (Phi) is 4.27. The molecule has 4 N–H and O–H groups in total. The number of amides is 1. The minimum atomic E-state index is -0.227. The Morgan fingerprint density at radius 2 is 2.21 bits per heavy atom. The van der Waals surface area contributed by atoms with E-state index in [1.54, 1.807) is 0 Å². The third-order valence-electron chi connectivity index (χ3n) is 3.41. The maximum absolute atomic E-state index is 12.1. The lowest BCUT2D eigenvalue weighted by atomic mass is 10.0. The minimum absolute atomic E-state index is 0.0161. The molecule has 0 spiro atoms. The lowest BCUT2D eigenvalue weighted by Gasteiger charge is -2.20. The molecule has 102 valence electrons. The number of phenols is 1. The summed E-state index contributed by atoms with van der Waals surface area (Å²) in [6.07, 6.45) is 2.79. The minimum Gasteiger partial charge on any atom is -0.506 e. The molecule has 4 nitrogen and oxygen atoms in total. The highest BCUT2D eigenvalue weighted by atomic mass is 35.5. The number of carbonyl (C=O) groups excluding carboxylic acids is 1. The summed E-state index contributed by atoms with van der Waals surface area (Å²) in [7, 11) is 0. The molecule has 0 aromatic heterocycles. The van der Waals surface area contributed by atoms with Crippen LogP contribution in [0, 0.1) is 5.92 Å². The van der Waals surface area contributed by atoms with E-state index >= 15 is 0 Å². The van der Waals surface area contributed by atoms with Crippen molar-refractivity contribution in [3.63, 3.8) is 0 Å². The van der Waals surface area contributed by atoms with E-state index in [0.717, 1.165) is 19.3 Å². The predicted molar refractivity (Wildman–Crippen MR) is 78.5 cm³/mol. The van der Waals surface area contributed by atoms with Crippen molar-refractivity contribution >= 4 is 34.7 Å². The van der Waals surface area contributed by atoms with Crippen molar-refractivity contribution < 1.29 is 9.90 Å². The van der Waals surface area contributed by atoms with E-state index in [9.17, 15) is 9.90 Å². The Hall–Kier alpha value is -1.33. The van der Waals surface area contributed by atoms with Gasteiger partial charge in [-0.3, -0.25) is 4.79 Å². The van der Waals surface area contributed by atoms with Crippen molar-refractivity contribution in [2.45, 2.75) is 25.3 Å².